The van der Waals surface area contributed by atoms with Crippen LogP contribution in [0.4, 0.5) is 0 Å². The lowest BCUT2D eigenvalue weighted by atomic mass is 10.3. The maximum absolute atomic E-state index is 5.78. The van der Waals surface area contributed by atoms with Gasteiger partial charge in [-0.2, -0.15) is 0 Å². The molecule has 1 saturated heterocycles. The van der Waals surface area contributed by atoms with Gasteiger partial charge in [-0.15, -0.1) is 6.58 Å². The molecule has 76 valence electrons. The molecule has 0 saturated carbocycles. The van der Waals surface area contributed by atoms with Gasteiger partial charge >= 0.3 is 0 Å². The molecule has 1 aliphatic rings. The fourth-order valence-corrected chi connectivity index (χ4v) is 1.53. The number of likely N-dealkylation sites (tertiary alicyclic amines) is 1. The molecule has 1 fully saturated rings. The van der Waals surface area contributed by atoms with Gasteiger partial charge in [0.2, 0.25) is 0 Å². The van der Waals surface area contributed by atoms with Gasteiger partial charge in [-0.25, -0.2) is 0 Å². The van der Waals surface area contributed by atoms with Crippen molar-refractivity contribution in [3.05, 3.63) is 12.7 Å². The maximum Gasteiger partial charge on any atom is 0.0593 e. The SMILES string of the molecule is C=CCCOCCN1CCC(N)C1. The largest absolute Gasteiger partial charge is 0.380 e. The van der Waals surface area contributed by atoms with E-state index in [2.05, 4.69) is 11.5 Å². The van der Waals surface area contributed by atoms with Gasteiger partial charge in [0.1, 0.15) is 0 Å². The Balaban J connectivity index is 1.91. The average molecular weight is 184 g/mol. The summed E-state index contributed by atoms with van der Waals surface area (Å²) in [5.74, 6) is 0. The zero-order valence-corrected chi connectivity index (χ0v) is 8.24. The number of nitrogens with two attached hydrogens (primary N) is 1. The number of hydrogen-bond acceptors (Lipinski definition) is 3. The molecule has 1 aliphatic heterocycles. The molecule has 13 heavy (non-hydrogen) atoms. The topological polar surface area (TPSA) is 38.5 Å². The Bertz CT molecular complexity index is 150. The van der Waals surface area contributed by atoms with Gasteiger partial charge in [0, 0.05) is 19.1 Å². The van der Waals surface area contributed by atoms with Gasteiger partial charge in [0.05, 0.1) is 13.2 Å². The fourth-order valence-electron chi connectivity index (χ4n) is 1.53. The highest BCUT2D eigenvalue weighted by Gasteiger charge is 2.17. The van der Waals surface area contributed by atoms with E-state index in [4.69, 9.17) is 10.5 Å². The van der Waals surface area contributed by atoms with Crippen LogP contribution in [0.1, 0.15) is 12.8 Å². The molecular formula is C10H20N2O. The Kier molecular flexibility index (Phi) is 5.05. The predicted molar refractivity (Wildman–Crippen MR) is 54.7 cm³/mol. The van der Waals surface area contributed by atoms with Crippen molar-refractivity contribution in [1.29, 1.82) is 0 Å². The zero-order chi connectivity index (χ0) is 9.52. The first-order chi connectivity index (χ1) is 6.33. The van der Waals surface area contributed by atoms with Crippen LogP contribution in [0.2, 0.25) is 0 Å². The summed E-state index contributed by atoms with van der Waals surface area (Å²) in [6, 6.07) is 0.383. The Morgan fingerprint density at radius 1 is 1.54 bits per heavy atom. The number of nitrogens with zero attached hydrogens (tertiary/aromatic N) is 1. The highest BCUT2D eigenvalue weighted by atomic mass is 16.5. The van der Waals surface area contributed by atoms with Crippen LogP contribution in [-0.2, 0) is 4.74 Å². The third kappa shape index (κ3) is 4.41. The first kappa shape index (κ1) is 10.7. The molecule has 1 rings (SSSR count). The van der Waals surface area contributed by atoms with Crippen LogP contribution in [0.5, 0.6) is 0 Å². The molecular weight excluding hydrogens is 164 g/mol. The van der Waals surface area contributed by atoms with Gasteiger partial charge in [-0.1, -0.05) is 6.08 Å². The minimum absolute atomic E-state index is 0.383. The van der Waals surface area contributed by atoms with Crippen molar-refractivity contribution in [3.63, 3.8) is 0 Å². The van der Waals surface area contributed by atoms with Crippen molar-refractivity contribution >= 4 is 0 Å². The van der Waals surface area contributed by atoms with Crippen LogP contribution >= 0.6 is 0 Å². The van der Waals surface area contributed by atoms with E-state index >= 15 is 0 Å². The van der Waals surface area contributed by atoms with Crippen molar-refractivity contribution in [2.24, 2.45) is 5.73 Å². The van der Waals surface area contributed by atoms with Gasteiger partial charge in [-0.05, 0) is 19.4 Å². The molecule has 0 aliphatic carbocycles. The van der Waals surface area contributed by atoms with Crippen LogP contribution < -0.4 is 5.73 Å². The van der Waals surface area contributed by atoms with Crippen LogP contribution in [0.15, 0.2) is 12.7 Å². The standard InChI is InChI=1S/C10H20N2O/c1-2-3-7-13-8-6-12-5-4-10(11)9-12/h2,10H,1,3-9,11H2. The van der Waals surface area contributed by atoms with Crippen LogP contribution in [-0.4, -0.2) is 43.8 Å². The molecule has 3 nitrogen and oxygen atoms in total. The molecule has 3 heteroatoms. The third-order valence-corrected chi connectivity index (χ3v) is 2.33. The number of ether oxygens (including phenoxy) is 1. The van der Waals surface area contributed by atoms with Crippen LogP contribution in [0.3, 0.4) is 0 Å². The quantitative estimate of drug-likeness (QED) is 0.485. The second kappa shape index (κ2) is 6.13. The van der Waals surface area contributed by atoms with Crippen molar-refractivity contribution in [2.75, 3.05) is 32.8 Å². The summed E-state index contributed by atoms with van der Waals surface area (Å²) in [6.07, 6.45) is 3.96. The third-order valence-electron chi connectivity index (χ3n) is 2.33. The summed E-state index contributed by atoms with van der Waals surface area (Å²) >= 11 is 0. The van der Waals surface area contributed by atoms with Gasteiger partial charge < -0.3 is 10.5 Å². The van der Waals surface area contributed by atoms with Gasteiger partial charge in [0.15, 0.2) is 0 Å². The molecule has 1 unspecified atom stereocenters. The van der Waals surface area contributed by atoms with Gasteiger partial charge in [-0.3, -0.25) is 4.90 Å². The Morgan fingerprint density at radius 2 is 2.38 bits per heavy atom. The van der Waals surface area contributed by atoms with E-state index in [0.29, 0.717) is 6.04 Å². The second-order valence-corrected chi connectivity index (χ2v) is 3.54. The summed E-state index contributed by atoms with van der Waals surface area (Å²) in [5.41, 5.74) is 5.78. The fraction of sp³-hybridized carbons (Fsp3) is 0.800. The molecule has 0 aromatic carbocycles. The average Bonchev–Trinajstić information content (AvgIpc) is 2.51. The lowest BCUT2D eigenvalue weighted by Crippen LogP contribution is -2.29. The maximum atomic E-state index is 5.78. The molecule has 0 amide bonds. The molecule has 0 spiro atoms. The minimum atomic E-state index is 0.383. The second-order valence-electron chi connectivity index (χ2n) is 3.54. The molecule has 2 N–H and O–H groups in total. The summed E-state index contributed by atoms with van der Waals surface area (Å²) in [5, 5.41) is 0. The first-order valence-electron chi connectivity index (χ1n) is 4.99. The minimum Gasteiger partial charge on any atom is -0.380 e. The Labute approximate surface area is 80.5 Å². The highest BCUT2D eigenvalue weighted by Crippen LogP contribution is 2.05. The zero-order valence-electron chi connectivity index (χ0n) is 8.24. The summed E-state index contributed by atoms with van der Waals surface area (Å²) in [6.45, 7) is 8.44. The molecule has 1 heterocycles. The molecule has 0 radical (unpaired) electrons. The molecule has 1 atom stereocenters. The van der Waals surface area contributed by atoms with E-state index in [-0.39, 0.29) is 0 Å². The number of hydrogen-bond donors (Lipinski definition) is 1. The van der Waals surface area contributed by atoms with Crippen molar-refractivity contribution < 1.29 is 4.74 Å². The first-order valence-corrected chi connectivity index (χ1v) is 4.99. The van der Waals surface area contributed by atoms with E-state index < -0.39 is 0 Å². The van der Waals surface area contributed by atoms with Crippen molar-refractivity contribution in [3.8, 4) is 0 Å². The predicted octanol–water partition coefficient (Wildman–Crippen LogP) is 0.612. The Morgan fingerprint density at radius 3 is 3.00 bits per heavy atom. The van der Waals surface area contributed by atoms with E-state index in [1.807, 2.05) is 6.08 Å². The Hall–Kier alpha value is -0.380. The normalized spacial score (nSPS) is 23.6. The van der Waals surface area contributed by atoms with E-state index in [9.17, 15) is 0 Å². The van der Waals surface area contributed by atoms with Crippen LogP contribution in [0.25, 0.3) is 0 Å². The molecule has 0 bridgehead atoms. The molecule has 0 aromatic heterocycles. The van der Waals surface area contributed by atoms with Gasteiger partial charge in [0.25, 0.3) is 0 Å². The monoisotopic (exact) mass is 184 g/mol. The van der Waals surface area contributed by atoms with Crippen LogP contribution in [0, 0.1) is 0 Å². The van der Waals surface area contributed by atoms with Crippen molar-refractivity contribution in [2.45, 2.75) is 18.9 Å². The molecule has 0 aromatic rings. The summed E-state index contributed by atoms with van der Waals surface area (Å²) in [7, 11) is 0. The van der Waals surface area contributed by atoms with E-state index in [0.717, 1.165) is 45.7 Å². The lowest BCUT2D eigenvalue weighted by Gasteiger charge is -2.14. The summed E-state index contributed by atoms with van der Waals surface area (Å²) in [4.78, 5) is 2.36. The number of rotatable bonds is 6. The van der Waals surface area contributed by atoms with Crippen molar-refractivity contribution in [1.82, 2.24) is 4.90 Å². The van der Waals surface area contributed by atoms with E-state index in [1.54, 1.807) is 0 Å². The summed E-state index contributed by atoms with van der Waals surface area (Å²) < 4.78 is 5.42. The highest BCUT2D eigenvalue weighted by molar-refractivity contribution is 4.77. The lowest BCUT2D eigenvalue weighted by molar-refractivity contribution is 0.114. The smallest absolute Gasteiger partial charge is 0.0593 e. The van der Waals surface area contributed by atoms with E-state index in [1.165, 1.54) is 0 Å².